The summed E-state index contributed by atoms with van der Waals surface area (Å²) in [6.45, 7) is 0. The molecule has 0 unspecified atom stereocenters. The molecule has 1 amide bonds. The predicted molar refractivity (Wildman–Crippen MR) is 46.9 cm³/mol. The van der Waals surface area contributed by atoms with E-state index in [9.17, 15) is 4.79 Å². The van der Waals surface area contributed by atoms with Gasteiger partial charge in [0.25, 0.3) is 5.91 Å². The third-order valence-electron chi connectivity index (χ3n) is 2.32. The van der Waals surface area contributed by atoms with Crippen molar-refractivity contribution in [3.63, 3.8) is 0 Å². The second-order valence-corrected chi connectivity index (χ2v) is 3.03. The Morgan fingerprint density at radius 1 is 1.46 bits per heavy atom. The summed E-state index contributed by atoms with van der Waals surface area (Å²) in [7, 11) is 1.65. The van der Waals surface area contributed by atoms with Crippen molar-refractivity contribution in [1.82, 2.24) is 4.90 Å². The Morgan fingerprint density at radius 2 is 2.15 bits per heavy atom. The highest BCUT2D eigenvalue weighted by Gasteiger charge is 2.33. The molecule has 3 heteroatoms. The van der Waals surface area contributed by atoms with E-state index < -0.39 is 6.04 Å². The summed E-state index contributed by atoms with van der Waals surface area (Å²) in [5.41, 5.74) is 1.47. The van der Waals surface area contributed by atoms with Crippen molar-refractivity contribution >= 4 is 5.91 Å². The van der Waals surface area contributed by atoms with E-state index in [1.807, 2.05) is 18.2 Å². The number of hydrogen-bond acceptors (Lipinski definition) is 2. The van der Waals surface area contributed by atoms with Crippen molar-refractivity contribution in [1.29, 1.82) is 5.26 Å². The van der Waals surface area contributed by atoms with E-state index in [1.54, 1.807) is 13.1 Å². The van der Waals surface area contributed by atoms with Crippen LogP contribution in [-0.4, -0.2) is 17.9 Å². The highest BCUT2D eigenvalue weighted by molar-refractivity contribution is 5.99. The van der Waals surface area contributed by atoms with Crippen LogP contribution in [0.15, 0.2) is 24.3 Å². The molecule has 0 saturated carbocycles. The number of hydrogen-bond donors (Lipinski definition) is 0. The molecule has 0 fully saturated rings. The molecule has 13 heavy (non-hydrogen) atoms. The van der Waals surface area contributed by atoms with Crippen LogP contribution >= 0.6 is 0 Å². The fraction of sp³-hybridized carbons (Fsp3) is 0.200. The Labute approximate surface area is 76.2 Å². The molecule has 0 saturated heterocycles. The Bertz CT molecular complexity index is 406. The zero-order chi connectivity index (χ0) is 9.42. The first-order valence-corrected chi connectivity index (χ1v) is 4.01. The SMILES string of the molecule is CN1C(=O)c2ccccc2[C@H]1C#N. The van der Waals surface area contributed by atoms with E-state index in [0.29, 0.717) is 5.56 Å². The van der Waals surface area contributed by atoms with Gasteiger partial charge in [-0.25, -0.2) is 0 Å². The molecule has 3 nitrogen and oxygen atoms in total. The third-order valence-corrected chi connectivity index (χ3v) is 2.32. The zero-order valence-electron chi connectivity index (χ0n) is 7.19. The van der Waals surface area contributed by atoms with Gasteiger partial charge in [-0.05, 0) is 6.07 Å². The van der Waals surface area contributed by atoms with E-state index in [-0.39, 0.29) is 5.91 Å². The lowest BCUT2D eigenvalue weighted by molar-refractivity contribution is 0.0800. The minimum absolute atomic E-state index is 0.0675. The van der Waals surface area contributed by atoms with Crippen LogP contribution in [0.3, 0.4) is 0 Å². The molecule has 1 aromatic carbocycles. The molecular weight excluding hydrogens is 164 g/mol. The Hall–Kier alpha value is -1.82. The summed E-state index contributed by atoms with van der Waals surface area (Å²) in [6, 6.07) is 8.92. The van der Waals surface area contributed by atoms with Crippen LogP contribution in [0, 0.1) is 11.3 Å². The van der Waals surface area contributed by atoms with Gasteiger partial charge >= 0.3 is 0 Å². The van der Waals surface area contributed by atoms with E-state index >= 15 is 0 Å². The number of benzene rings is 1. The van der Waals surface area contributed by atoms with E-state index in [4.69, 9.17) is 5.26 Å². The number of rotatable bonds is 0. The molecule has 1 aliphatic heterocycles. The number of nitriles is 1. The van der Waals surface area contributed by atoms with E-state index in [2.05, 4.69) is 6.07 Å². The van der Waals surface area contributed by atoms with Crippen molar-refractivity contribution in [2.75, 3.05) is 7.05 Å². The Morgan fingerprint density at radius 3 is 2.85 bits per heavy atom. The zero-order valence-corrected chi connectivity index (χ0v) is 7.19. The quantitative estimate of drug-likeness (QED) is 0.592. The first-order chi connectivity index (χ1) is 6.25. The van der Waals surface area contributed by atoms with Gasteiger partial charge in [0, 0.05) is 18.2 Å². The number of carbonyl (C=O) groups is 1. The fourth-order valence-electron chi connectivity index (χ4n) is 1.60. The minimum Gasteiger partial charge on any atom is -0.322 e. The Kier molecular flexibility index (Phi) is 1.56. The van der Waals surface area contributed by atoms with Crippen LogP contribution in [0.25, 0.3) is 0 Å². The van der Waals surface area contributed by atoms with Gasteiger partial charge in [-0.3, -0.25) is 4.79 Å². The first kappa shape index (κ1) is 7.81. The number of amides is 1. The molecule has 0 aliphatic carbocycles. The van der Waals surface area contributed by atoms with Gasteiger partial charge in [0.05, 0.1) is 6.07 Å². The summed E-state index contributed by atoms with van der Waals surface area (Å²) in [4.78, 5) is 13.0. The smallest absolute Gasteiger partial charge is 0.255 e. The maximum Gasteiger partial charge on any atom is 0.255 e. The topological polar surface area (TPSA) is 44.1 Å². The normalized spacial score (nSPS) is 19.8. The Balaban J connectivity index is 2.62. The molecule has 2 rings (SSSR count). The molecule has 0 radical (unpaired) electrons. The highest BCUT2D eigenvalue weighted by Crippen LogP contribution is 2.30. The molecule has 0 spiro atoms. The van der Waals surface area contributed by atoms with Crippen LogP contribution in [0.1, 0.15) is 22.0 Å². The predicted octanol–water partition coefficient (Wildman–Crippen LogP) is 1.34. The second-order valence-electron chi connectivity index (χ2n) is 3.03. The average Bonchev–Trinajstić information content (AvgIpc) is 2.41. The highest BCUT2D eigenvalue weighted by atomic mass is 16.2. The molecule has 1 aliphatic rings. The van der Waals surface area contributed by atoms with Gasteiger partial charge in [-0.1, -0.05) is 18.2 Å². The standard InChI is InChI=1S/C10H8N2O/c1-12-9(6-11)7-4-2-3-5-8(7)10(12)13/h2-5,9H,1H3/t9-/m1/s1. The monoisotopic (exact) mass is 172 g/mol. The first-order valence-electron chi connectivity index (χ1n) is 4.01. The van der Waals surface area contributed by atoms with Gasteiger partial charge in [0.1, 0.15) is 6.04 Å². The summed E-state index contributed by atoms with van der Waals surface area (Å²) < 4.78 is 0. The van der Waals surface area contributed by atoms with Crippen molar-refractivity contribution in [2.45, 2.75) is 6.04 Å². The summed E-state index contributed by atoms with van der Waals surface area (Å²) in [6.07, 6.45) is 0. The maximum atomic E-state index is 11.5. The van der Waals surface area contributed by atoms with Crippen molar-refractivity contribution < 1.29 is 4.79 Å². The van der Waals surface area contributed by atoms with Gasteiger partial charge in [0.15, 0.2) is 0 Å². The third kappa shape index (κ3) is 0.922. The molecule has 0 N–H and O–H groups in total. The number of fused-ring (bicyclic) bond motifs is 1. The molecule has 1 atom stereocenters. The molecule has 64 valence electrons. The molecule has 0 bridgehead atoms. The lowest BCUT2D eigenvalue weighted by atomic mass is 10.1. The van der Waals surface area contributed by atoms with Crippen LogP contribution < -0.4 is 0 Å². The number of carbonyl (C=O) groups excluding carboxylic acids is 1. The summed E-state index contributed by atoms with van der Waals surface area (Å²) >= 11 is 0. The number of nitrogens with zero attached hydrogens (tertiary/aromatic N) is 2. The van der Waals surface area contributed by atoms with Crippen molar-refractivity contribution in [3.8, 4) is 6.07 Å². The molecule has 1 aromatic rings. The molecule has 0 aromatic heterocycles. The van der Waals surface area contributed by atoms with Crippen molar-refractivity contribution in [3.05, 3.63) is 35.4 Å². The average molecular weight is 172 g/mol. The van der Waals surface area contributed by atoms with E-state index in [1.165, 1.54) is 4.90 Å². The lowest BCUT2D eigenvalue weighted by Crippen LogP contribution is -2.21. The van der Waals surface area contributed by atoms with Crippen LogP contribution in [-0.2, 0) is 0 Å². The van der Waals surface area contributed by atoms with Gasteiger partial charge < -0.3 is 4.90 Å². The molecule has 1 heterocycles. The fourth-order valence-corrected chi connectivity index (χ4v) is 1.60. The van der Waals surface area contributed by atoms with E-state index in [0.717, 1.165) is 5.56 Å². The largest absolute Gasteiger partial charge is 0.322 e. The van der Waals surface area contributed by atoms with Crippen LogP contribution in [0.2, 0.25) is 0 Å². The van der Waals surface area contributed by atoms with Gasteiger partial charge in [-0.15, -0.1) is 0 Å². The summed E-state index contributed by atoms with van der Waals surface area (Å²) in [5.74, 6) is -0.0675. The minimum atomic E-state index is -0.413. The van der Waals surface area contributed by atoms with Crippen molar-refractivity contribution in [2.24, 2.45) is 0 Å². The van der Waals surface area contributed by atoms with Gasteiger partial charge in [-0.2, -0.15) is 5.26 Å². The molecular formula is C10H8N2O. The second kappa shape index (κ2) is 2.60. The van der Waals surface area contributed by atoms with Crippen LogP contribution in [0.5, 0.6) is 0 Å². The van der Waals surface area contributed by atoms with Gasteiger partial charge in [0.2, 0.25) is 0 Å². The summed E-state index contributed by atoms with van der Waals surface area (Å²) in [5, 5.41) is 8.86. The lowest BCUT2D eigenvalue weighted by Gasteiger charge is -2.11. The van der Waals surface area contributed by atoms with Crippen LogP contribution in [0.4, 0.5) is 0 Å². The maximum absolute atomic E-state index is 11.5.